The van der Waals surface area contributed by atoms with E-state index in [0.29, 0.717) is 5.92 Å². The Kier molecular flexibility index (Phi) is 2.34. The Labute approximate surface area is 90.8 Å². The Bertz CT molecular complexity index is 326. The molecule has 2 atom stereocenters. The SMILES string of the molecule is CC1(C)[C@@H](Cn2nccn2)CC[C@@]1(C)N. The van der Waals surface area contributed by atoms with Crippen molar-refractivity contribution in [1.29, 1.82) is 0 Å². The van der Waals surface area contributed by atoms with Gasteiger partial charge in [-0.2, -0.15) is 15.0 Å². The van der Waals surface area contributed by atoms with Gasteiger partial charge in [-0.3, -0.25) is 0 Å². The maximum Gasteiger partial charge on any atom is 0.0693 e. The smallest absolute Gasteiger partial charge is 0.0693 e. The third kappa shape index (κ3) is 1.67. The third-order valence-corrected chi connectivity index (χ3v) is 4.35. The second-order valence-electron chi connectivity index (χ2n) is 5.46. The number of hydrogen-bond acceptors (Lipinski definition) is 3. The van der Waals surface area contributed by atoms with E-state index in [0.717, 1.165) is 13.0 Å². The van der Waals surface area contributed by atoms with E-state index in [1.807, 2.05) is 0 Å². The van der Waals surface area contributed by atoms with Crippen LogP contribution in [0.15, 0.2) is 12.4 Å². The molecule has 1 aliphatic rings. The van der Waals surface area contributed by atoms with E-state index in [9.17, 15) is 0 Å². The van der Waals surface area contributed by atoms with E-state index >= 15 is 0 Å². The van der Waals surface area contributed by atoms with Crippen LogP contribution in [0.3, 0.4) is 0 Å². The summed E-state index contributed by atoms with van der Waals surface area (Å²) in [6, 6.07) is 0. The highest BCUT2D eigenvalue weighted by molar-refractivity contribution is 5.03. The summed E-state index contributed by atoms with van der Waals surface area (Å²) in [5.41, 5.74) is 6.41. The molecule has 0 bridgehead atoms. The van der Waals surface area contributed by atoms with Gasteiger partial charge in [-0.15, -0.1) is 0 Å². The molecule has 1 aromatic heterocycles. The molecule has 1 aliphatic carbocycles. The van der Waals surface area contributed by atoms with Crippen molar-refractivity contribution in [2.45, 2.75) is 45.7 Å². The zero-order valence-electron chi connectivity index (χ0n) is 9.77. The van der Waals surface area contributed by atoms with Crippen LogP contribution in [-0.4, -0.2) is 20.5 Å². The topological polar surface area (TPSA) is 56.7 Å². The highest BCUT2D eigenvalue weighted by Gasteiger charge is 2.49. The van der Waals surface area contributed by atoms with E-state index in [1.165, 1.54) is 6.42 Å². The van der Waals surface area contributed by atoms with Crippen molar-refractivity contribution in [2.24, 2.45) is 17.1 Å². The molecule has 1 aromatic rings. The maximum absolute atomic E-state index is 6.32. The summed E-state index contributed by atoms with van der Waals surface area (Å²) < 4.78 is 0. The van der Waals surface area contributed by atoms with E-state index in [2.05, 4.69) is 31.0 Å². The third-order valence-electron chi connectivity index (χ3n) is 4.35. The van der Waals surface area contributed by atoms with Gasteiger partial charge in [0.25, 0.3) is 0 Å². The van der Waals surface area contributed by atoms with Crippen LogP contribution in [0.25, 0.3) is 0 Å². The fraction of sp³-hybridized carbons (Fsp3) is 0.818. The second-order valence-corrected chi connectivity index (χ2v) is 5.46. The lowest BCUT2D eigenvalue weighted by molar-refractivity contribution is 0.143. The van der Waals surface area contributed by atoms with Gasteiger partial charge >= 0.3 is 0 Å². The molecular formula is C11H20N4. The minimum absolute atomic E-state index is 0.0647. The minimum Gasteiger partial charge on any atom is -0.325 e. The average Bonchev–Trinajstić information content (AvgIpc) is 2.69. The van der Waals surface area contributed by atoms with Gasteiger partial charge in [0.2, 0.25) is 0 Å². The first-order valence-electron chi connectivity index (χ1n) is 5.56. The molecule has 0 spiro atoms. The van der Waals surface area contributed by atoms with Gasteiger partial charge in [0.05, 0.1) is 18.9 Å². The van der Waals surface area contributed by atoms with Crippen molar-refractivity contribution in [2.75, 3.05) is 0 Å². The van der Waals surface area contributed by atoms with E-state index in [1.54, 1.807) is 17.2 Å². The van der Waals surface area contributed by atoms with Crippen molar-refractivity contribution < 1.29 is 0 Å². The van der Waals surface area contributed by atoms with Crippen LogP contribution in [0.1, 0.15) is 33.6 Å². The molecule has 0 radical (unpaired) electrons. The Morgan fingerprint density at radius 2 is 1.93 bits per heavy atom. The first-order valence-corrected chi connectivity index (χ1v) is 5.56. The molecule has 1 fully saturated rings. The molecule has 15 heavy (non-hydrogen) atoms. The predicted molar refractivity (Wildman–Crippen MR) is 59.1 cm³/mol. The zero-order chi connectivity index (χ0) is 11.1. The van der Waals surface area contributed by atoms with Gasteiger partial charge in [0.1, 0.15) is 0 Å². The van der Waals surface area contributed by atoms with Crippen LogP contribution in [0, 0.1) is 11.3 Å². The van der Waals surface area contributed by atoms with Crippen LogP contribution in [0.5, 0.6) is 0 Å². The Morgan fingerprint density at radius 1 is 1.33 bits per heavy atom. The average molecular weight is 208 g/mol. The first-order chi connectivity index (χ1) is 6.93. The molecule has 2 N–H and O–H groups in total. The summed E-state index contributed by atoms with van der Waals surface area (Å²) in [4.78, 5) is 1.77. The zero-order valence-corrected chi connectivity index (χ0v) is 9.77. The van der Waals surface area contributed by atoms with Crippen LogP contribution < -0.4 is 5.73 Å². The number of nitrogens with two attached hydrogens (primary N) is 1. The standard InChI is InChI=1S/C11H20N4/c1-10(2)9(4-5-11(10,3)12)8-15-13-6-7-14-15/h6-7,9H,4-5,8,12H2,1-3H3/t9-,11-/m1/s1. The lowest BCUT2D eigenvalue weighted by atomic mass is 9.72. The number of aromatic nitrogens is 3. The minimum atomic E-state index is -0.0647. The van der Waals surface area contributed by atoms with Crippen molar-refractivity contribution in [3.05, 3.63) is 12.4 Å². The lowest BCUT2D eigenvalue weighted by Gasteiger charge is -2.38. The van der Waals surface area contributed by atoms with Gasteiger partial charge in [0, 0.05) is 5.54 Å². The number of nitrogens with zero attached hydrogens (tertiary/aromatic N) is 3. The van der Waals surface area contributed by atoms with E-state index in [4.69, 9.17) is 5.73 Å². The monoisotopic (exact) mass is 208 g/mol. The van der Waals surface area contributed by atoms with Crippen molar-refractivity contribution in [3.63, 3.8) is 0 Å². The molecule has 4 nitrogen and oxygen atoms in total. The highest BCUT2D eigenvalue weighted by atomic mass is 15.5. The fourth-order valence-electron chi connectivity index (χ4n) is 2.48. The van der Waals surface area contributed by atoms with E-state index in [-0.39, 0.29) is 11.0 Å². The largest absolute Gasteiger partial charge is 0.325 e. The summed E-state index contributed by atoms with van der Waals surface area (Å²) >= 11 is 0. The van der Waals surface area contributed by atoms with Crippen molar-refractivity contribution in [1.82, 2.24) is 15.0 Å². The quantitative estimate of drug-likeness (QED) is 0.800. The van der Waals surface area contributed by atoms with Crippen LogP contribution in [0.4, 0.5) is 0 Å². The summed E-state index contributed by atoms with van der Waals surface area (Å²) in [5.74, 6) is 0.569. The Hall–Kier alpha value is -0.900. The molecule has 2 rings (SSSR count). The predicted octanol–water partition coefficient (Wildman–Crippen LogP) is 1.43. The molecule has 4 heteroatoms. The maximum atomic E-state index is 6.32. The van der Waals surface area contributed by atoms with Crippen LogP contribution in [0.2, 0.25) is 0 Å². The van der Waals surface area contributed by atoms with Gasteiger partial charge in [-0.05, 0) is 31.1 Å². The summed E-state index contributed by atoms with van der Waals surface area (Å²) in [5, 5.41) is 8.32. The fourth-order valence-corrected chi connectivity index (χ4v) is 2.48. The number of hydrogen-bond donors (Lipinski definition) is 1. The normalized spacial score (nSPS) is 34.5. The molecule has 0 aliphatic heterocycles. The molecule has 0 aromatic carbocycles. The van der Waals surface area contributed by atoms with Gasteiger partial charge < -0.3 is 5.73 Å². The lowest BCUT2D eigenvalue weighted by Crippen LogP contribution is -2.48. The Balaban J connectivity index is 2.12. The van der Waals surface area contributed by atoms with Crippen LogP contribution in [-0.2, 0) is 6.54 Å². The molecular weight excluding hydrogens is 188 g/mol. The second kappa shape index (κ2) is 3.30. The number of rotatable bonds is 2. The summed E-state index contributed by atoms with van der Waals surface area (Å²) in [6.45, 7) is 7.55. The first kappa shape index (κ1) is 10.6. The van der Waals surface area contributed by atoms with Gasteiger partial charge in [0.15, 0.2) is 0 Å². The molecule has 1 heterocycles. The molecule has 0 saturated heterocycles. The highest BCUT2D eigenvalue weighted by Crippen LogP contribution is 2.48. The van der Waals surface area contributed by atoms with Gasteiger partial charge in [-0.25, -0.2) is 0 Å². The Morgan fingerprint density at radius 3 is 2.40 bits per heavy atom. The molecule has 84 valence electrons. The summed E-state index contributed by atoms with van der Waals surface area (Å²) in [6.07, 6.45) is 5.71. The summed E-state index contributed by atoms with van der Waals surface area (Å²) in [7, 11) is 0. The van der Waals surface area contributed by atoms with Crippen molar-refractivity contribution in [3.8, 4) is 0 Å². The molecule has 0 amide bonds. The molecule has 0 unspecified atom stereocenters. The van der Waals surface area contributed by atoms with Crippen LogP contribution >= 0.6 is 0 Å². The van der Waals surface area contributed by atoms with E-state index < -0.39 is 0 Å². The van der Waals surface area contributed by atoms with Gasteiger partial charge in [-0.1, -0.05) is 13.8 Å². The molecule has 1 saturated carbocycles. The van der Waals surface area contributed by atoms with Crippen molar-refractivity contribution >= 4 is 0 Å².